The maximum atomic E-state index is 12.8. The van der Waals surface area contributed by atoms with Crippen LogP contribution in [0.4, 0.5) is 16.2 Å². The van der Waals surface area contributed by atoms with E-state index in [9.17, 15) is 14.4 Å². The van der Waals surface area contributed by atoms with Crippen molar-refractivity contribution < 1.29 is 23.9 Å². The monoisotopic (exact) mass is 412 g/mol. The van der Waals surface area contributed by atoms with Crippen molar-refractivity contribution in [1.82, 2.24) is 0 Å². The topological polar surface area (TPSA) is 76.2 Å². The van der Waals surface area contributed by atoms with Crippen LogP contribution in [0, 0.1) is 0 Å². The molecule has 7 heteroatoms. The summed E-state index contributed by atoms with van der Waals surface area (Å²) in [4.78, 5) is 39.6. The number of amides is 2. The molecule has 0 aromatic heterocycles. The number of ether oxygens (including phenoxy) is 2. The highest BCUT2D eigenvalue weighted by molar-refractivity contribution is 6.06. The molecule has 0 fully saturated rings. The molecule has 0 aliphatic rings. The summed E-state index contributed by atoms with van der Waals surface area (Å²) >= 11 is 0. The molecule has 30 heavy (non-hydrogen) atoms. The molecule has 0 aliphatic heterocycles. The van der Waals surface area contributed by atoms with Gasteiger partial charge >= 0.3 is 12.1 Å². The molecule has 0 atom stereocenters. The van der Waals surface area contributed by atoms with Gasteiger partial charge in [-0.25, -0.2) is 9.59 Å². The van der Waals surface area contributed by atoms with Crippen molar-refractivity contribution in [1.29, 1.82) is 0 Å². The fourth-order valence-corrected chi connectivity index (χ4v) is 2.61. The predicted octanol–water partition coefficient (Wildman–Crippen LogP) is 4.51. The second kappa shape index (κ2) is 9.43. The van der Waals surface area contributed by atoms with Crippen LogP contribution < -0.4 is 9.80 Å². The van der Waals surface area contributed by atoms with Crippen molar-refractivity contribution in [2.75, 3.05) is 30.5 Å². The second-order valence-electron chi connectivity index (χ2n) is 7.72. The Morgan fingerprint density at radius 3 is 1.73 bits per heavy atom. The van der Waals surface area contributed by atoms with Crippen LogP contribution in [0.3, 0.4) is 0 Å². The molecule has 2 amide bonds. The van der Waals surface area contributed by atoms with Crippen LogP contribution in [0.15, 0.2) is 48.5 Å². The number of anilines is 2. The van der Waals surface area contributed by atoms with E-state index in [0.717, 1.165) is 0 Å². The van der Waals surface area contributed by atoms with Crippen LogP contribution >= 0.6 is 0 Å². The zero-order valence-electron chi connectivity index (χ0n) is 18.3. The van der Waals surface area contributed by atoms with E-state index in [-0.39, 0.29) is 5.91 Å². The Balaban J connectivity index is 2.10. The minimum atomic E-state index is -0.590. The van der Waals surface area contributed by atoms with Gasteiger partial charge in [0.05, 0.1) is 12.2 Å². The summed E-state index contributed by atoms with van der Waals surface area (Å²) in [5, 5.41) is 0. The number of esters is 1. The lowest BCUT2D eigenvalue weighted by atomic mass is 10.1. The molecule has 2 rings (SSSR count). The molecule has 2 aromatic carbocycles. The minimum absolute atomic E-state index is 0.217. The van der Waals surface area contributed by atoms with Crippen LogP contribution in [0.1, 0.15) is 48.4 Å². The molecular formula is C23H28N2O5. The molecular weight excluding hydrogens is 384 g/mol. The Labute approximate surface area is 177 Å². The summed E-state index contributed by atoms with van der Waals surface area (Å²) in [6.07, 6.45) is -0.472. The summed E-state index contributed by atoms with van der Waals surface area (Å²) < 4.78 is 10.3. The highest BCUT2D eigenvalue weighted by atomic mass is 16.6. The number of nitrogens with zero attached hydrogens (tertiary/aromatic N) is 2. The largest absolute Gasteiger partial charge is 0.462 e. The third kappa shape index (κ3) is 5.83. The van der Waals surface area contributed by atoms with Crippen LogP contribution in [0.5, 0.6) is 0 Å². The van der Waals surface area contributed by atoms with Crippen LogP contribution in [-0.2, 0) is 9.47 Å². The smallest absolute Gasteiger partial charge is 0.414 e. The fraction of sp³-hybridized carbons (Fsp3) is 0.348. The van der Waals surface area contributed by atoms with E-state index in [1.165, 1.54) is 9.80 Å². The van der Waals surface area contributed by atoms with Crippen molar-refractivity contribution >= 4 is 29.3 Å². The quantitative estimate of drug-likeness (QED) is 0.676. The molecule has 0 N–H and O–H groups in total. The maximum Gasteiger partial charge on any atom is 0.414 e. The minimum Gasteiger partial charge on any atom is -0.462 e. The number of hydrogen-bond donors (Lipinski definition) is 0. The molecule has 0 saturated carbocycles. The van der Waals surface area contributed by atoms with Gasteiger partial charge in [-0.3, -0.25) is 9.69 Å². The first-order chi connectivity index (χ1) is 14.0. The SMILES string of the molecule is CCOC(=O)c1ccc(N(C)C(=O)c2ccc(N(C)C(=O)OC(C)(C)C)cc2)cc1. The summed E-state index contributed by atoms with van der Waals surface area (Å²) in [5.41, 5.74) is 1.56. The first kappa shape index (κ1) is 22.9. The van der Waals surface area contributed by atoms with Crippen LogP contribution in [-0.4, -0.2) is 44.3 Å². The molecule has 0 radical (unpaired) electrons. The third-order valence-corrected chi connectivity index (χ3v) is 4.24. The van der Waals surface area contributed by atoms with Gasteiger partial charge in [0.2, 0.25) is 0 Å². The van der Waals surface area contributed by atoms with Gasteiger partial charge in [-0.1, -0.05) is 0 Å². The Bertz CT molecular complexity index is 899. The first-order valence-electron chi connectivity index (χ1n) is 9.65. The standard InChI is InChI=1S/C23H28N2O5/c1-7-29-21(27)17-10-14-18(15-11-17)24(5)20(26)16-8-12-19(13-9-16)25(6)22(28)30-23(2,3)4/h8-15H,7H2,1-6H3. The maximum absolute atomic E-state index is 12.8. The van der Waals surface area contributed by atoms with E-state index >= 15 is 0 Å². The molecule has 7 nitrogen and oxygen atoms in total. The summed E-state index contributed by atoms with van der Waals surface area (Å²) in [7, 11) is 3.27. The van der Waals surface area contributed by atoms with Gasteiger partial charge in [-0.05, 0) is 76.2 Å². The molecule has 0 unspecified atom stereocenters. The van der Waals surface area contributed by atoms with E-state index in [4.69, 9.17) is 9.47 Å². The Morgan fingerprint density at radius 1 is 0.800 bits per heavy atom. The molecule has 0 saturated heterocycles. The Kier molecular flexibility index (Phi) is 7.21. The highest BCUT2D eigenvalue weighted by Gasteiger charge is 2.21. The molecule has 0 aliphatic carbocycles. The average molecular weight is 412 g/mol. The van der Waals surface area contributed by atoms with Crippen molar-refractivity contribution in [2.24, 2.45) is 0 Å². The van der Waals surface area contributed by atoms with Crippen molar-refractivity contribution in [2.45, 2.75) is 33.3 Å². The molecule has 0 bridgehead atoms. The van der Waals surface area contributed by atoms with Crippen molar-refractivity contribution in [3.8, 4) is 0 Å². The Morgan fingerprint density at radius 2 is 1.27 bits per heavy atom. The number of hydrogen-bond acceptors (Lipinski definition) is 5. The predicted molar refractivity (Wildman–Crippen MR) is 116 cm³/mol. The van der Waals surface area contributed by atoms with E-state index in [2.05, 4.69) is 0 Å². The van der Waals surface area contributed by atoms with Gasteiger partial charge < -0.3 is 14.4 Å². The van der Waals surface area contributed by atoms with E-state index in [0.29, 0.717) is 29.1 Å². The number of carbonyl (C=O) groups is 3. The lowest BCUT2D eigenvalue weighted by Crippen LogP contribution is -2.34. The van der Waals surface area contributed by atoms with Gasteiger partial charge in [0.15, 0.2) is 0 Å². The number of carbonyl (C=O) groups excluding carboxylic acids is 3. The fourth-order valence-electron chi connectivity index (χ4n) is 2.61. The van der Waals surface area contributed by atoms with Gasteiger partial charge in [-0.2, -0.15) is 0 Å². The lowest BCUT2D eigenvalue weighted by molar-refractivity contribution is 0.0524. The number of benzene rings is 2. The van der Waals surface area contributed by atoms with E-state index < -0.39 is 17.7 Å². The Hall–Kier alpha value is -3.35. The van der Waals surface area contributed by atoms with Crippen molar-refractivity contribution in [3.63, 3.8) is 0 Å². The summed E-state index contributed by atoms with van der Waals surface area (Å²) in [6, 6.07) is 13.3. The van der Waals surface area contributed by atoms with Gasteiger partial charge in [0.25, 0.3) is 5.91 Å². The molecule has 160 valence electrons. The second-order valence-corrected chi connectivity index (χ2v) is 7.72. The van der Waals surface area contributed by atoms with Crippen LogP contribution in [0.2, 0.25) is 0 Å². The van der Waals surface area contributed by atoms with Gasteiger partial charge in [0.1, 0.15) is 5.60 Å². The number of rotatable bonds is 5. The normalized spacial score (nSPS) is 10.9. The van der Waals surface area contributed by atoms with Gasteiger partial charge in [-0.15, -0.1) is 0 Å². The van der Waals surface area contributed by atoms with Gasteiger partial charge in [0, 0.05) is 31.0 Å². The lowest BCUT2D eigenvalue weighted by Gasteiger charge is -2.25. The highest BCUT2D eigenvalue weighted by Crippen LogP contribution is 2.21. The van der Waals surface area contributed by atoms with Crippen LogP contribution in [0.25, 0.3) is 0 Å². The molecule has 0 heterocycles. The summed E-state index contributed by atoms with van der Waals surface area (Å²) in [6.45, 7) is 7.45. The third-order valence-electron chi connectivity index (χ3n) is 4.24. The first-order valence-corrected chi connectivity index (χ1v) is 9.65. The summed E-state index contributed by atoms with van der Waals surface area (Å²) in [5.74, 6) is -0.618. The van der Waals surface area contributed by atoms with E-state index in [1.807, 2.05) is 0 Å². The molecule has 2 aromatic rings. The molecule has 0 spiro atoms. The van der Waals surface area contributed by atoms with Crippen molar-refractivity contribution in [3.05, 3.63) is 59.7 Å². The average Bonchev–Trinajstić information content (AvgIpc) is 2.71. The zero-order chi connectivity index (χ0) is 22.5. The zero-order valence-corrected chi connectivity index (χ0v) is 18.3. The van der Waals surface area contributed by atoms with E-state index in [1.54, 1.807) is 90.3 Å².